The Balaban J connectivity index is 2.00. The van der Waals surface area contributed by atoms with Crippen molar-refractivity contribution in [3.8, 4) is 11.1 Å². The first-order valence-electron chi connectivity index (χ1n) is 5.70. The number of hydrogen-bond acceptors (Lipinski definition) is 2. The normalized spacial score (nSPS) is 11.3. The molecule has 5 nitrogen and oxygen atoms in total. The summed E-state index contributed by atoms with van der Waals surface area (Å²) in [4.78, 5) is 8.56. The molecular formula is C13H10N5+. The molecule has 3 aromatic heterocycles. The first-order chi connectivity index (χ1) is 8.92. The average molecular weight is 236 g/mol. The molecule has 0 fully saturated rings. The predicted molar refractivity (Wildman–Crippen MR) is 65.9 cm³/mol. The van der Waals surface area contributed by atoms with Gasteiger partial charge in [0, 0.05) is 5.56 Å². The van der Waals surface area contributed by atoms with Crippen molar-refractivity contribution in [2.24, 2.45) is 0 Å². The van der Waals surface area contributed by atoms with E-state index in [0.717, 1.165) is 16.9 Å². The van der Waals surface area contributed by atoms with Gasteiger partial charge < -0.3 is 0 Å². The summed E-state index contributed by atoms with van der Waals surface area (Å²) >= 11 is 0. The summed E-state index contributed by atoms with van der Waals surface area (Å²) < 4.78 is 3.83. The molecule has 0 aliphatic heterocycles. The maximum Gasteiger partial charge on any atom is 0.346 e. The molecule has 0 aliphatic rings. The van der Waals surface area contributed by atoms with Crippen molar-refractivity contribution in [1.82, 2.24) is 19.7 Å². The third-order valence-corrected chi connectivity index (χ3v) is 2.98. The van der Waals surface area contributed by atoms with E-state index in [-0.39, 0.29) is 0 Å². The van der Waals surface area contributed by atoms with Crippen LogP contribution in [0.3, 0.4) is 0 Å². The molecule has 0 saturated carbocycles. The number of aromatic nitrogens is 5. The van der Waals surface area contributed by atoms with Crippen molar-refractivity contribution in [3.05, 3.63) is 55.1 Å². The van der Waals surface area contributed by atoms with Gasteiger partial charge >= 0.3 is 5.65 Å². The lowest BCUT2D eigenvalue weighted by atomic mass is 10.1. The Morgan fingerprint density at radius 2 is 1.83 bits per heavy atom. The van der Waals surface area contributed by atoms with Crippen LogP contribution in [0.5, 0.6) is 0 Å². The van der Waals surface area contributed by atoms with Crippen LogP contribution in [0.15, 0.2) is 55.1 Å². The molecule has 0 aliphatic carbocycles. The molecule has 4 rings (SSSR count). The van der Waals surface area contributed by atoms with E-state index in [4.69, 9.17) is 0 Å². The molecule has 0 unspecified atom stereocenters. The minimum Gasteiger partial charge on any atom is -0.214 e. The second-order valence-electron chi connectivity index (χ2n) is 4.11. The summed E-state index contributed by atoms with van der Waals surface area (Å²) in [6, 6.07) is 10.2. The molecule has 0 atom stereocenters. The lowest BCUT2D eigenvalue weighted by Crippen LogP contribution is -2.24. The van der Waals surface area contributed by atoms with Crippen molar-refractivity contribution < 1.29 is 4.52 Å². The van der Waals surface area contributed by atoms with Crippen molar-refractivity contribution in [2.75, 3.05) is 0 Å². The summed E-state index contributed by atoms with van der Waals surface area (Å²) in [6.45, 7) is 0. The maximum absolute atomic E-state index is 4.32. The number of aromatic amines is 1. The SMILES string of the molecule is c1ccc(-c2cn3[nH]c4nccnc4[n+]3c2)cc1. The number of H-pyrrole nitrogens is 1. The van der Waals surface area contributed by atoms with E-state index < -0.39 is 0 Å². The van der Waals surface area contributed by atoms with Gasteiger partial charge in [-0.3, -0.25) is 0 Å². The van der Waals surface area contributed by atoms with Crippen molar-refractivity contribution in [3.63, 3.8) is 0 Å². The minimum absolute atomic E-state index is 0.775. The van der Waals surface area contributed by atoms with Crippen LogP contribution >= 0.6 is 0 Å². The van der Waals surface area contributed by atoms with Gasteiger partial charge in [-0.15, -0.1) is 9.50 Å². The van der Waals surface area contributed by atoms with Crippen LogP contribution in [0.25, 0.3) is 22.4 Å². The van der Waals surface area contributed by atoms with Gasteiger partial charge in [-0.25, -0.2) is 4.98 Å². The third-order valence-electron chi connectivity index (χ3n) is 2.98. The van der Waals surface area contributed by atoms with E-state index in [0.29, 0.717) is 0 Å². The molecule has 4 aromatic rings. The van der Waals surface area contributed by atoms with Crippen molar-refractivity contribution >= 4 is 11.3 Å². The standard InChI is InChI=1S/C13H10N5/c1-2-4-10(5-3-1)11-8-17-13-12(14-6-7-15-13)16-18(17)9-11/h1-9H,(H,14,16)/q+1. The Bertz CT molecular complexity index is 828. The smallest absolute Gasteiger partial charge is 0.214 e. The van der Waals surface area contributed by atoms with E-state index >= 15 is 0 Å². The third kappa shape index (κ3) is 1.24. The molecule has 3 heterocycles. The van der Waals surface area contributed by atoms with Gasteiger partial charge in [0.15, 0.2) is 0 Å². The van der Waals surface area contributed by atoms with Gasteiger partial charge in [0.2, 0.25) is 0 Å². The maximum atomic E-state index is 4.32. The van der Waals surface area contributed by atoms with E-state index in [1.807, 2.05) is 39.7 Å². The Labute approximate surface area is 102 Å². The Hall–Kier alpha value is -2.69. The van der Waals surface area contributed by atoms with Gasteiger partial charge in [0.25, 0.3) is 5.65 Å². The monoisotopic (exact) mass is 236 g/mol. The first-order valence-corrected chi connectivity index (χ1v) is 5.70. The number of hydrogen-bond donors (Lipinski definition) is 1. The summed E-state index contributed by atoms with van der Waals surface area (Å²) in [5, 5.41) is 3.17. The van der Waals surface area contributed by atoms with Crippen LogP contribution in [0, 0.1) is 0 Å². The van der Waals surface area contributed by atoms with Crippen LogP contribution in [0.4, 0.5) is 0 Å². The summed E-state index contributed by atoms with van der Waals surface area (Å²) in [5.41, 5.74) is 3.91. The van der Waals surface area contributed by atoms with Gasteiger partial charge in [-0.1, -0.05) is 35.0 Å². The fourth-order valence-corrected chi connectivity index (χ4v) is 2.14. The largest absolute Gasteiger partial charge is 0.346 e. The first kappa shape index (κ1) is 9.35. The van der Waals surface area contributed by atoms with Gasteiger partial charge in [0.1, 0.15) is 12.4 Å². The van der Waals surface area contributed by atoms with E-state index in [1.54, 1.807) is 12.4 Å². The second kappa shape index (κ2) is 3.40. The van der Waals surface area contributed by atoms with Crippen LogP contribution in [-0.4, -0.2) is 19.7 Å². The Kier molecular flexibility index (Phi) is 1.77. The van der Waals surface area contributed by atoms with E-state index in [1.165, 1.54) is 5.56 Å². The second-order valence-corrected chi connectivity index (χ2v) is 4.11. The number of nitrogens with zero attached hydrogens (tertiary/aromatic N) is 4. The van der Waals surface area contributed by atoms with Crippen LogP contribution < -0.4 is 4.52 Å². The summed E-state index contributed by atoms with van der Waals surface area (Å²) in [7, 11) is 0. The van der Waals surface area contributed by atoms with Gasteiger partial charge in [0.05, 0.1) is 12.4 Å². The number of fused-ring (bicyclic) bond motifs is 3. The highest BCUT2D eigenvalue weighted by Crippen LogP contribution is 2.17. The Morgan fingerprint density at radius 1 is 1.00 bits per heavy atom. The van der Waals surface area contributed by atoms with Crippen LogP contribution in [0.1, 0.15) is 0 Å². The fourth-order valence-electron chi connectivity index (χ4n) is 2.14. The lowest BCUT2D eigenvalue weighted by Gasteiger charge is -1.92. The molecule has 18 heavy (non-hydrogen) atoms. The molecule has 0 bridgehead atoms. The van der Waals surface area contributed by atoms with Gasteiger partial charge in [-0.2, -0.15) is 5.10 Å². The zero-order valence-corrected chi connectivity index (χ0v) is 9.49. The van der Waals surface area contributed by atoms with Crippen molar-refractivity contribution in [2.45, 2.75) is 0 Å². The molecular weight excluding hydrogens is 226 g/mol. The fraction of sp³-hybridized carbons (Fsp3) is 0. The highest BCUT2D eigenvalue weighted by atomic mass is 15.5. The van der Waals surface area contributed by atoms with Gasteiger partial charge in [-0.05, 0) is 5.56 Å². The molecule has 0 amide bonds. The van der Waals surface area contributed by atoms with E-state index in [2.05, 4.69) is 27.2 Å². The number of nitrogens with one attached hydrogen (secondary N) is 1. The highest BCUT2D eigenvalue weighted by molar-refractivity contribution is 5.63. The number of rotatable bonds is 1. The zero-order valence-electron chi connectivity index (χ0n) is 9.49. The highest BCUT2D eigenvalue weighted by Gasteiger charge is 2.14. The summed E-state index contributed by atoms with van der Waals surface area (Å²) in [6.07, 6.45) is 7.44. The van der Waals surface area contributed by atoms with Crippen LogP contribution in [0.2, 0.25) is 0 Å². The van der Waals surface area contributed by atoms with Crippen LogP contribution in [-0.2, 0) is 0 Å². The molecule has 1 aromatic carbocycles. The molecule has 0 radical (unpaired) electrons. The number of benzene rings is 1. The molecule has 0 saturated heterocycles. The molecule has 0 spiro atoms. The average Bonchev–Trinajstić information content (AvgIpc) is 2.97. The Morgan fingerprint density at radius 3 is 2.72 bits per heavy atom. The predicted octanol–water partition coefficient (Wildman–Crippen LogP) is 1.46. The summed E-state index contributed by atoms with van der Waals surface area (Å²) in [5.74, 6) is 0. The molecule has 5 heteroatoms. The minimum atomic E-state index is 0.775. The van der Waals surface area contributed by atoms with E-state index in [9.17, 15) is 0 Å². The lowest BCUT2D eigenvalue weighted by molar-refractivity contribution is -0.594. The molecule has 1 N–H and O–H groups in total. The zero-order chi connectivity index (χ0) is 11.9. The molecule has 86 valence electrons. The van der Waals surface area contributed by atoms with Crippen molar-refractivity contribution in [1.29, 1.82) is 0 Å². The topological polar surface area (TPSA) is 50.1 Å². The quantitative estimate of drug-likeness (QED) is 0.509.